The molecule has 0 spiro atoms. The molecule has 1 aromatic heterocycles. The van der Waals surface area contributed by atoms with Crippen LogP contribution in [0.15, 0.2) is 29.3 Å². The van der Waals surface area contributed by atoms with Crippen molar-refractivity contribution in [3.05, 3.63) is 30.1 Å². The molecule has 0 atom stereocenters. The van der Waals surface area contributed by atoms with Gasteiger partial charge in [0, 0.05) is 39.1 Å². The summed E-state index contributed by atoms with van der Waals surface area (Å²) >= 11 is 0. The molecular formula is C17H27IN6O. The zero-order valence-corrected chi connectivity index (χ0v) is 16.7. The number of aromatic amines is 1. The van der Waals surface area contributed by atoms with Crippen molar-refractivity contribution in [2.24, 2.45) is 10.7 Å². The third-order valence-electron chi connectivity index (χ3n) is 4.12. The first kappa shape index (κ1) is 19.9. The second kappa shape index (κ2) is 10.6. The van der Waals surface area contributed by atoms with Gasteiger partial charge in [-0.05, 0) is 18.6 Å². The van der Waals surface area contributed by atoms with Gasteiger partial charge in [0.2, 0.25) is 0 Å². The number of nitrogens with one attached hydrogen (secondary N) is 2. The Morgan fingerprint density at radius 2 is 2.12 bits per heavy atom. The number of nitrogens with zero attached hydrogens (tertiary/aromatic N) is 3. The first-order valence-electron chi connectivity index (χ1n) is 8.59. The lowest BCUT2D eigenvalue weighted by molar-refractivity contribution is 0.0377. The molecule has 1 aliphatic heterocycles. The quantitative estimate of drug-likeness (QED) is 0.252. The Morgan fingerprint density at radius 1 is 1.32 bits per heavy atom. The number of hydrogen-bond donors (Lipinski definition) is 3. The van der Waals surface area contributed by atoms with Gasteiger partial charge in [-0.3, -0.25) is 9.89 Å². The van der Waals surface area contributed by atoms with Gasteiger partial charge in [-0.15, -0.1) is 24.0 Å². The molecule has 2 aromatic rings. The number of aliphatic imine (C=N–C) groups is 1. The van der Waals surface area contributed by atoms with Crippen LogP contribution in [0.2, 0.25) is 0 Å². The maximum atomic E-state index is 5.91. The van der Waals surface area contributed by atoms with Gasteiger partial charge in [0.1, 0.15) is 5.82 Å². The molecule has 0 radical (unpaired) electrons. The molecule has 1 aliphatic rings. The topological polar surface area (TPSA) is 91.6 Å². The highest BCUT2D eigenvalue weighted by Gasteiger charge is 2.08. The minimum absolute atomic E-state index is 0. The third-order valence-corrected chi connectivity index (χ3v) is 4.12. The molecule has 0 aliphatic carbocycles. The maximum absolute atomic E-state index is 5.91. The Labute approximate surface area is 165 Å². The minimum Gasteiger partial charge on any atom is -0.379 e. The van der Waals surface area contributed by atoms with E-state index >= 15 is 0 Å². The Kier molecular flexibility index (Phi) is 8.42. The monoisotopic (exact) mass is 458 g/mol. The van der Waals surface area contributed by atoms with Crippen LogP contribution in [-0.4, -0.2) is 66.8 Å². The summed E-state index contributed by atoms with van der Waals surface area (Å²) < 4.78 is 5.34. The average Bonchev–Trinajstić information content (AvgIpc) is 3.02. The number of fused-ring (bicyclic) bond motifs is 1. The molecule has 4 N–H and O–H groups in total. The summed E-state index contributed by atoms with van der Waals surface area (Å²) in [6, 6.07) is 8.04. The summed E-state index contributed by atoms with van der Waals surface area (Å²) in [6.45, 7) is 6.26. The number of imidazole rings is 1. The van der Waals surface area contributed by atoms with E-state index in [9.17, 15) is 0 Å². The number of rotatable bonds is 7. The fourth-order valence-electron chi connectivity index (χ4n) is 2.81. The molecule has 0 bridgehead atoms. The molecule has 25 heavy (non-hydrogen) atoms. The van der Waals surface area contributed by atoms with Crippen LogP contribution in [0.4, 0.5) is 0 Å². The van der Waals surface area contributed by atoms with Crippen LogP contribution in [-0.2, 0) is 11.2 Å². The predicted molar refractivity (Wildman–Crippen MR) is 112 cm³/mol. The van der Waals surface area contributed by atoms with E-state index in [-0.39, 0.29) is 24.0 Å². The SMILES string of the molecule is I.NC(=NCCCN1CCOCC1)NCCc1nc2ccccc2[nH]1. The third kappa shape index (κ3) is 6.44. The normalized spacial score (nSPS) is 15.9. The Morgan fingerprint density at radius 3 is 2.92 bits per heavy atom. The predicted octanol–water partition coefficient (Wildman–Crippen LogP) is 1.35. The van der Waals surface area contributed by atoms with Crippen LogP contribution < -0.4 is 11.1 Å². The summed E-state index contributed by atoms with van der Waals surface area (Å²) in [6.07, 6.45) is 1.81. The summed E-state index contributed by atoms with van der Waals surface area (Å²) in [5, 5.41) is 3.15. The lowest BCUT2D eigenvalue weighted by Crippen LogP contribution is -2.37. The van der Waals surface area contributed by atoms with E-state index in [2.05, 4.69) is 25.2 Å². The van der Waals surface area contributed by atoms with Gasteiger partial charge in [0.25, 0.3) is 0 Å². The van der Waals surface area contributed by atoms with Gasteiger partial charge in [-0.25, -0.2) is 4.98 Å². The summed E-state index contributed by atoms with van der Waals surface area (Å²) in [7, 11) is 0. The lowest BCUT2D eigenvalue weighted by Gasteiger charge is -2.26. The van der Waals surface area contributed by atoms with Gasteiger partial charge in [-0.1, -0.05) is 12.1 Å². The first-order chi connectivity index (χ1) is 11.8. The lowest BCUT2D eigenvalue weighted by atomic mass is 10.3. The number of halogens is 1. The number of H-pyrrole nitrogens is 1. The highest BCUT2D eigenvalue weighted by molar-refractivity contribution is 14.0. The van der Waals surface area contributed by atoms with Crippen molar-refractivity contribution >= 4 is 41.0 Å². The zero-order valence-electron chi connectivity index (χ0n) is 14.4. The maximum Gasteiger partial charge on any atom is 0.188 e. The van der Waals surface area contributed by atoms with E-state index < -0.39 is 0 Å². The number of hydrogen-bond acceptors (Lipinski definition) is 4. The second-order valence-electron chi connectivity index (χ2n) is 5.95. The number of nitrogens with two attached hydrogens (primary N) is 1. The molecule has 1 fully saturated rings. The van der Waals surface area contributed by atoms with Gasteiger partial charge in [-0.2, -0.15) is 0 Å². The molecule has 7 nitrogen and oxygen atoms in total. The molecule has 0 unspecified atom stereocenters. The second-order valence-corrected chi connectivity index (χ2v) is 5.95. The van der Waals surface area contributed by atoms with Gasteiger partial charge >= 0.3 is 0 Å². The standard InChI is InChI=1S/C17H26N6O.HI/c18-17(19-7-3-9-23-10-12-24-13-11-23)20-8-6-16-21-14-4-1-2-5-15(14)22-16;/h1-2,4-5H,3,6-13H2,(H,21,22)(H3,18,19,20);1H. The van der Waals surface area contributed by atoms with Crippen molar-refractivity contribution in [2.45, 2.75) is 12.8 Å². The van der Waals surface area contributed by atoms with E-state index in [4.69, 9.17) is 10.5 Å². The van der Waals surface area contributed by atoms with Gasteiger partial charge in [0.15, 0.2) is 5.96 Å². The largest absolute Gasteiger partial charge is 0.379 e. The van der Waals surface area contributed by atoms with E-state index in [1.165, 1.54) is 0 Å². The zero-order chi connectivity index (χ0) is 16.6. The number of benzene rings is 1. The molecular weight excluding hydrogens is 431 g/mol. The van der Waals surface area contributed by atoms with E-state index in [1.54, 1.807) is 0 Å². The highest BCUT2D eigenvalue weighted by Crippen LogP contribution is 2.10. The van der Waals surface area contributed by atoms with Crippen molar-refractivity contribution in [2.75, 3.05) is 45.9 Å². The molecule has 1 saturated heterocycles. The number of guanidine groups is 1. The summed E-state index contributed by atoms with van der Waals surface area (Å²) in [5.41, 5.74) is 7.97. The van der Waals surface area contributed by atoms with Crippen molar-refractivity contribution in [3.63, 3.8) is 0 Å². The molecule has 3 rings (SSSR count). The average molecular weight is 458 g/mol. The van der Waals surface area contributed by atoms with Crippen LogP contribution in [0, 0.1) is 0 Å². The Bertz CT molecular complexity index is 635. The molecule has 8 heteroatoms. The number of para-hydroxylation sites is 2. The van der Waals surface area contributed by atoms with Crippen molar-refractivity contribution in [1.29, 1.82) is 0 Å². The van der Waals surface area contributed by atoms with Crippen LogP contribution >= 0.6 is 24.0 Å². The minimum atomic E-state index is 0. The number of aromatic nitrogens is 2. The smallest absolute Gasteiger partial charge is 0.188 e. The Balaban J connectivity index is 0.00000225. The molecule has 0 amide bonds. The van der Waals surface area contributed by atoms with Crippen LogP contribution in [0.1, 0.15) is 12.2 Å². The number of ether oxygens (including phenoxy) is 1. The van der Waals surface area contributed by atoms with E-state index in [0.717, 1.165) is 75.6 Å². The first-order valence-corrected chi connectivity index (χ1v) is 8.59. The van der Waals surface area contributed by atoms with Crippen molar-refractivity contribution < 1.29 is 4.74 Å². The number of morpholine rings is 1. The molecule has 0 saturated carbocycles. The van der Waals surface area contributed by atoms with Crippen LogP contribution in [0.5, 0.6) is 0 Å². The molecule has 1 aromatic carbocycles. The van der Waals surface area contributed by atoms with Crippen LogP contribution in [0.3, 0.4) is 0 Å². The summed E-state index contributed by atoms with van der Waals surface area (Å²) in [4.78, 5) is 14.6. The van der Waals surface area contributed by atoms with E-state index in [0.29, 0.717) is 5.96 Å². The van der Waals surface area contributed by atoms with E-state index in [1.807, 2.05) is 24.3 Å². The van der Waals surface area contributed by atoms with Gasteiger partial charge < -0.3 is 20.8 Å². The van der Waals surface area contributed by atoms with Crippen molar-refractivity contribution in [1.82, 2.24) is 20.2 Å². The fourth-order valence-corrected chi connectivity index (χ4v) is 2.81. The summed E-state index contributed by atoms with van der Waals surface area (Å²) in [5.74, 6) is 1.47. The Hall–Kier alpha value is -1.39. The fraction of sp³-hybridized carbons (Fsp3) is 0.529. The van der Waals surface area contributed by atoms with Crippen molar-refractivity contribution in [3.8, 4) is 0 Å². The van der Waals surface area contributed by atoms with Crippen LogP contribution in [0.25, 0.3) is 11.0 Å². The van der Waals surface area contributed by atoms with Gasteiger partial charge in [0.05, 0.1) is 24.2 Å². The molecule has 2 heterocycles. The molecule has 138 valence electrons. The highest BCUT2D eigenvalue weighted by atomic mass is 127.